The number of carbonyl (C=O) groups excluding carboxylic acids is 2. The van der Waals surface area contributed by atoms with Crippen molar-refractivity contribution in [2.45, 2.75) is 53.2 Å². The van der Waals surface area contributed by atoms with E-state index in [4.69, 9.17) is 9.47 Å². The highest BCUT2D eigenvalue weighted by Crippen LogP contribution is 2.39. The van der Waals surface area contributed by atoms with Crippen LogP contribution in [0, 0.1) is 12.8 Å². The Balaban J connectivity index is 1.97. The molecule has 7 nitrogen and oxygen atoms in total. The van der Waals surface area contributed by atoms with Gasteiger partial charge in [-0.05, 0) is 68.5 Å². The molecule has 1 aliphatic rings. The lowest BCUT2D eigenvalue weighted by Gasteiger charge is -2.25. The number of hydrogen-bond acceptors (Lipinski definition) is 6. The van der Waals surface area contributed by atoms with Gasteiger partial charge in [0.2, 0.25) is 0 Å². The van der Waals surface area contributed by atoms with Crippen molar-refractivity contribution in [1.82, 2.24) is 9.88 Å². The van der Waals surface area contributed by atoms with Crippen LogP contribution < -0.4 is 4.74 Å². The zero-order valence-electron chi connectivity index (χ0n) is 20.6. The summed E-state index contributed by atoms with van der Waals surface area (Å²) in [6.45, 7) is 11.3. The van der Waals surface area contributed by atoms with Crippen LogP contribution in [0.25, 0.3) is 5.76 Å². The molecule has 2 heterocycles. The van der Waals surface area contributed by atoms with E-state index in [2.05, 4.69) is 18.8 Å². The van der Waals surface area contributed by atoms with E-state index in [9.17, 15) is 14.7 Å². The summed E-state index contributed by atoms with van der Waals surface area (Å²) in [5, 5.41) is 11.2. The Bertz CT molecular complexity index is 1050. The number of Topliss-reactive ketones (excluding diaryl/α,β-unsaturated/α-hetero) is 1. The van der Waals surface area contributed by atoms with Gasteiger partial charge in [-0.25, -0.2) is 0 Å². The van der Waals surface area contributed by atoms with E-state index in [0.29, 0.717) is 43.2 Å². The topological polar surface area (TPSA) is 89.0 Å². The summed E-state index contributed by atoms with van der Waals surface area (Å²) >= 11 is 0. The average Bonchev–Trinajstić information content (AvgIpc) is 3.05. The zero-order chi connectivity index (χ0) is 24.8. The number of aliphatic hydroxyl groups excluding tert-OH is 1. The molecule has 0 radical (unpaired) electrons. The number of likely N-dealkylation sites (tertiary alicyclic amines) is 1. The van der Waals surface area contributed by atoms with Gasteiger partial charge in [0.25, 0.3) is 11.7 Å². The Morgan fingerprint density at radius 3 is 2.56 bits per heavy atom. The van der Waals surface area contributed by atoms with Crippen molar-refractivity contribution in [1.29, 1.82) is 0 Å². The van der Waals surface area contributed by atoms with Crippen LogP contribution in [0.15, 0.2) is 48.3 Å². The first kappa shape index (κ1) is 25.4. The second-order valence-electron chi connectivity index (χ2n) is 9.24. The van der Waals surface area contributed by atoms with E-state index in [1.807, 2.05) is 26.8 Å². The Morgan fingerprint density at radius 2 is 1.94 bits per heavy atom. The predicted molar refractivity (Wildman–Crippen MR) is 130 cm³/mol. The highest BCUT2D eigenvalue weighted by atomic mass is 16.5. The summed E-state index contributed by atoms with van der Waals surface area (Å²) in [6.07, 6.45) is 3.91. The summed E-state index contributed by atoms with van der Waals surface area (Å²) < 4.78 is 11.4. The van der Waals surface area contributed by atoms with E-state index in [-0.39, 0.29) is 17.4 Å². The van der Waals surface area contributed by atoms with Gasteiger partial charge in [0, 0.05) is 31.1 Å². The molecule has 1 atom stereocenters. The van der Waals surface area contributed by atoms with Crippen molar-refractivity contribution in [3.8, 4) is 5.75 Å². The molecule has 182 valence electrons. The van der Waals surface area contributed by atoms with Crippen LogP contribution >= 0.6 is 0 Å². The van der Waals surface area contributed by atoms with E-state index in [1.54, 1.807) is 36.7 Å². The minimum atomic E-state index is -0.718. The van der Waals surface area contributed by atoms with Gasteiger partial charge < -0.3 is 19.5 Å². The Labute approximate surface area is 201 Å². The molecular weight excluding hydrogens is 432 g/mol. The van der Waals surface area contributed by atoms with Crippen molar-refractivity contribution in [3.05, 3.63) is 65.0 Å². The molecule has 7 heteroatoms. The van der Waals surface area contributed by atoms with Gasteiger partial charge in [0.15, 0.2) is 0 Å². The predicted octanol–water partition coefficient (Wildman–Crippen LogP) is 4.66. The van der Waals surface area contributed by atoms with Crippen molar-refractivity contribution in [2.24, 2.45) is 5.92 Å². The molecule has 1 N–H and O–H groups in total. The number of aromatic nitrogens is 1. The van der Waals surface area contributed by atoms with Crippen molar-refractivity contribution in [2.75, 3.05) is 19.8 Å². The average molecular weight is 467 g/mol. The fraction of sp³-hybridized carbons (Fsp3) is 0.444. The molecule has 3 rings (SSSR count). The summed E-state index contributed by atoms with van der Waals surface area (Å²) in [6, 6.07) is 8.11. The fourth-order valence-electron chi connectivity index (χ4n) is 3.92. The number of aryl methyl sites for hydroxylation is 1. The maximum absolute atomic E-state index is 13.1. The molecule has 0 spiro atoms. The van der Waals surface area contributed by atoms with Crippen LogP contribution in [0.2, 0.25) is 0 Å². The number of rotatable bonds is 10. The Morgan fingerprint density at radius 1 is 1.18 bits per heavy atom. The molecule has 1 saturated heterocycles. The lowest BCUT2D eigenvalue weighted by atomic mass is 9.95. The van der Waals surface area contributed by atoms with E-state index >= 15 is 0 Å². The number of hydrogen-bond donors (Lipinski definition) is 1. The van der Waals surface area contributed by atoms with Gasteiger partial charge >= 0.3 is 0 Å². The summed E-state index contributed by atoms with van der Waals surface area (Å²) in [5.41, 5.74) is 2.03. The molecule has 1 aromatic carbocycles. The summed E-state index contributed by atoms with van der Waals surface area (Å²) in [7, 11) is 0. The van der Waals surface area contributed by atoms with Crippen LogP contribution in [0.3, 0.4) is 0 Å². The first-order valence-electron chi connectivity index (χ1n) is 11.7. The third kappa shape index (κ3) is 5.83. The van der Waals surface area contributed by atoms with Crippen LogP contribution in [0.1, 0.15) is 56.8 Å². The Kier molecular flexibility index (Phi) is 8.45. The number of ether oxygens (including phenoxy) is 2. The van der Waals surface area contributed by atoms with Crippen LogP contribution in [-0.4, -0.2) is 52.5 Å². The fourth-order valence-corrected chi connectivity index (χ4v) is 3.92. The largest absolute Gasteiger partial charge is 0.507 e. The second kappa shape index (κ2) is 11.3. The van der Waals surface area contributed by atoms with E-state index < -0.39 is 17.7 Å². The normalized spacial score (nSPS) is 17.7. The molecule has 0 aliphatic carbocycles. The standard InChI is InChI=1S/C27H34N2O5/c1-17(2)16-34-22-10-9-20(14-19(22)5)25(30)23-24(21-8-6-11-28-15-21)29(27(32)26(23)31)12-7-13-33-18(3)4/h6,8-11,14-15,17-18,24,30H,7,12-13,16H2,1-5H3/b25-23-. The molecular formula is C27H34N2O5. The smallest absolute Gasteiger partial charge is 0.295 e. The van der Waals surface area contributed by atoms with Gasteiger partial charge in [-0.2, -0.15) is 0 Å². The van der Waals surface area contributed by atoms with Gasteiger partial charge in [-0.1, -0.05) is 19.9 Å². The molecule has 2 aromatic rings. The first-order chi connectivity index (χ1) is 16.2. The number of ketones is 1. The van der Waals surface area contributed by atoms with Crippen LogP contribution in [-0.2, 0) is 14.3 Å². The number of aliphatic hydroxyl groups is 1. The zero-order valence-corrected chi connectivity index (χ0v) is 20.6. The quantitative estimate of drug-likeness (QED) is 0.237. The van der Waals surface area contributed by atoms with Gasteiger partial charge in [-0.15, -0.1) is 0 Å². The lowest BCUT2D eigenvalue weighted by Crippen LogP contribution is -2.31. The third-order valence-electron chi connectivity index (χ3n) is 5.56. The number of nitrogens with zero attached hydrogens (tertiary/aromatic N) is 2. The monoisotopic (exact) mass is 466 g/mol. The van der Waals surface area contributed by atoms with E-state index in [1.165, 1.54) is 4.90 Å². The minimum Gasteiger partial charge on any atom is -0.507 e. The number of benzene rings is 1. The summed E-state index contributed by atoms with van der Waals surface area (Å²) in [4.78, 5) is 31.7. The molecule has 1 aliphatic heterocycles. The Hall–Kier alpha value is -3.19. The SMILES string of the molecule is Cc1cc(/C(O)=C2/C(=O)C(=O)N(CCCOC(C)C)C2c2cccnc2)ccc1OCC(C)C. The van der Waals surface area contributed by atoms with Gasteiger partial charge in [0.1, 0.15) is 11.5 Å². The van der Waals surface area contributed by atoms with Crippen LogP contribution in [0.5, 0.6) is 5.75 Å². The molecule has 0 bridgehead atoms. The molecule has 1 fully saturated rings. The van der Waals surface area contributed by atoms with Crippen molar-refractivity contribution in [3.63, 3.8) is 0 Å². The molecule has 1 unspecified atom stereocenters. The maximum atomic E-state index is 13.1. The molecule has 0 saturated carbocycles. The molecule has 1 amide bonds. The molecule has 34 heavy (non-hydrogen) atoms. The second-order valence-corrected chi connectivity index (χ2v) is 9.24. The summed E-state index contributed by atoms with van der Waals surface area (Å²) in [5.74, 6) is -0.428. The third-order valence-corrected chi connectivity index (χ3v) is 5.56. The van der Waals surface area contributed by atoms with Crippen molar-refractivity contribution < 1.29 is 24.2 Å². The molecule has 1 aromatic heterocycles. The van der Waals surface area contributed by atoms with Gasteiger partial charge in [-0.3, -0.25) is 14.6 Å². The first-order valence-corrected chi connectivity index (χ1v) is 11.7. The lowest BCUT2D eigenvalue weighted by molar-refractivity contribution is -0.140. The minimum absolute atomic E-state index is 0.0676. The van der Waals surface area contributed by atoms with E-state index in [0.717, 1.165) is 11.3 Å². The number of pyridine rings is 1. The number of carbonyl (C=O) groups is 2. The maximum Gasteiger partial charge on any atom is 0.295 e. The number of amides is 1. The van der Waals surface area contributed by atoms with Gasteiger partial charge in [0.05, 0.1) is 24.3 Å². The highest BCUT2D eigenvalue weighted by Gasteiger charge is 2.45. The van der Waals surface area contributed by atoms with Crippen molar-refractivity contribution >= 4 is 17.4 Å². The van der Waals surface area contributed by atoms with Crippen LogP contribution in [0.4, 0.5) is 0 Å². The highest BCUT2D eigenvalue weighted by molar-refractivity contribution is 6.46.